The first-order chi connectivity index (χ1) is 14.5. The Morgan fingerprint density at radius 2 is 2.03 bits per heavy atom. The van der Waals surface area contributed by atoms with Crippen molar-refractivity contribution in [3.8, 4) is 11.5 Å². The molecular weight excluding hydrogens is 458 g/mol. The van der Waals surface area contributed by atoms with Crippen LogP contribution in [0.15, 0.2) is 58.2 Å². The van der Waals surface area contributed by atoms with E-state index in [1.54, 1.807) is 41.2 Å². The first kappa shape index (κ1) is 19.6. The molecule has 1 aliphatic heterocycles. The van der Waals surface area contributed by atoms with Gasteiger partial charge in [0.15, 0.2) is 17.2 Å². The van der Waals surface area contributed by atoms with Crippen LogP contribution in [0.3, 0.4) is 0 Å². The summed E-state index contributed by atoms with van der Waals surface area (Å²) in [6.45, 7) is 0.535. The Hall–Kier alpha value is -3.73. The number of fused-ring (bicyclic) bond motifs is 1. The summed E-state index contributed by atoms with van der Waals surface area (Å²) in [6, 6.07) is 11.4. The fourth-order valence-electron chi connectivity index (χ4n) is 2.75. The van der Waals surface area contributed by atoms with E-state index in [2.05, 4.69) is 31.6 Å². The Morgan fingerprint density at radius 1 is 1.27 bits per heavy atom. The van der Waals surface area contributed by atoms with Gasteiger partial charge >= 0.3 is 0 Å². The molecule has 2 heterocycles. The zero-order valence-electron chi connectivity index (χ0n) is 15.3. The van der Waals surface area contributed by atoms with E-state index in [0.717, 1.165) is 11.1 Å². The normalized spacial score (nSPS) is 12.3. The minimum absolute atomic E-state index is 0.0146. The number of carbonyl (C=O) groups excluding carboxylic acids is 1. The topological polar surface area (TPSA) is 121 Å². The standard InChI is InChI=1S/C19H14BrN5O5/c20-15-10-24(9-12-1-4-14(5-2-12)25(27)28)23-18(15)19(26)22-21-8-13-3-6-16-17(7-13)30-11-29-16/h1-8,10H,9,11H2,(H,22,26). The minimum Gasteiger partial charge on any atom is -0.454 e. The van der Waals surface area contributed by atoms with E-state index in [1.807, 2.05) is 0 Å². The van der Waals surface area contributed by atoms with Crippen LogP contribution in [0.2, 0.25) is 0 Å². The van der Waals surface area contributed by atoms with Gasteiger partial charge in [-0.25, -0.2) is 5.43 Å². The molecule has 11 heteroatoms. The first-order valence-electron chi connectivity index (χ1n) is 8.69. The molecule has 0 aliphatic carbocycles. The predicted octanol–water partition coefficient (Wildman–Crippen LogP) is 3.09. The molecule has 1 amide bonds. The Kier molecular flexibility index (Phi) is 5.44. The van der Waals surface area contributed by atoms with Gasteiger partial charge in [-0.05, 0) is 45.3 Å². The zero-order valence-corrected chi connectivity index (χ0v) is 16.9. The molecule has 0 spiro atoms. The number of halogens is 1. The molecule has 10 nitrogen and oxygen atoms in total. The van der Waals surface area contributed by atoms with E-state index in [-0.39, 0.29) is 18.2 Å². The van der Waals surface area contributed by atoms with Gasteiger partial charge in [0.1, 0.15) is 0 Å². The van der Waals surface area contributed by atoms with Crippen LogP contribution < -0.4 is 14.9 Å². The maximum Gasteiger partial charge on any atom is 0.293 e. The average molecular weight is 472 g/mol. The molecule has 0 unspecified atom stereocenters. The molecule has 1 aromatic heterocycles. The maximum atomic E-state index is 12.4. The number of hydrazone groups is 1. The third-order valence-corrected chi connectivity index (χ3v) is 4.78. The number of ether oxygens (including phenoxy) is 2. The van der Waals surface area contributed by atoms with Gasteiger partial charge in [-0.1, -0.05) is 12.1 Å². The van der Waals surface area contributed by atoms with Gasteiger partial charge < -0.3 is 9.47 Å². The van der Waals surface area contributed by atoms with Crippen molar-refractivity contribution in [2.45, 2.75) is 6.54 Å². The lowest BCUT2D eigenvalue weighted by Crippen LogP contribution is -2.19. The predicted molar refractivity (Wildman–Crippen MR) is 110 cm³/mol. The quantitative estimate of drug-likeness (QED) is 0.335. The number of non-ortho nitro benzene ring substituents is 1. The smallest absolute Gasteiger partial charge is 0.293 e. The molecule has 0 saturated heterocycles. The number of benzene rings is 2. The van der Waals surface area contributed by atoms with Crippen molar-refractivity contribution in [2.75, 3.05) is 6.79 Å². The molecule has 30 heavy (non-hydrogen) atoms. The largest absolute Gasteiger partial charge is 0.454 e. The number of aromatic nitrogens is 2. The van der Waals surface area contributed by atoms with Crippen LogP contribution in [0.4, 0.5) is 5.69 Å². The van der Waals surface area contributed by atoms with Crippen molar-refractivity contribution in [2.24, 2.45) is 5.10 Å². The molecule has 1 N–H and O–H groups in total. The summed E-state index contributed by atoms with van der Waals surface area (Å²) in [7, 11) is 0. The summed E-state index contributed by atoms with van der Waals surface area (Å²) in [4.78, 5) is 22.7. The van der Waals surface area contributed by atoms with Crippen LogP contribution in [0, 0.1) is 10.1 Å². The molecule has 0 atom stereocenters. The summed E-state index contributed by atoms with van der Waals surface area (Å²) < 4.78 is 12.6. The number of nitro groups is 1. The van der Waals surface area contributed by atoms with Gasteiger partial charge in [-0.2, -0.15) is 10.2 Å². The van der Waals surface area contributed by atoms with E-state index >= 15 is 0 Å². The lowest BCUT2D eigenvalue weighted by molar-refractivity contribution is -0.384. The van der Waals surface area contributed by atoms with E-state index in [9.17, 15) is 14.9 Å². The van der Waals surface area contributed by atoms with Gasteiger partial charge in [-0.15, -0.1) is 0 Å². The number of carbonyl (C=O) groups is 1. The number of hydrogen-bond acceptors (Lipinski definition) is 7. The van der Waals surface area contributed by atoms with Crippen molar-refractivity contribution in [3.05, 3.63) is 80.1 Å². The number of nitro benzene ring substituents is 1. The SMILES string of the molecule is O=C(NN=Cc1ccc2c(c1)OCO2)c1nn(Cc2ccc([N+](=O)[O-])cc2)cc1Br. The second-order valence-electron chi connectivity index (χ2n) is 6.26. The highest BCUT2D eigenvalue weighted by atomic mass is 79.9. The summed E-state index contributed by atoms with van der Waals surface area (Å²) in [6.07, 6.45) is 3.14. The Bertz CT molecular complexity index is 1140. The van der Waals surface area contributed by atoms with Crippen molar-refractivity contribution in [1.82, 2.24) is 15.2 Å². The number of amides is 1. The van der Waals surface area contributed by atoms with Crippen molar-refractivity contribution in [3.63, 3.8) is 0 Å². The average Bonchev–Trinajstić information content (AvgIpc) is 3.34. The van der Waals surface area contributed by atoms with Crippen LogP contribution in [0.1, 0.15) is 21.6 Å². The third kappa shape index (κ3) is 4.30. The molecule has 3 aromatic rings. The van der Waals surface area contributed by atoms with Crippen LogP contribution in [-0.4, -0.2) is 33.6 Å². The summed E-state index contributed by atoms with van der Waals surface area (Å²) in [5.41, 5.74) is 4.16. The van der Waals surface area contributed by atoms with Gasteiger partial charge in [0.2, 0.25) is 6.79 Å². The van der Waals surface area contributed by atoms with E-state index in [1.165, 1.54) is 18.3 Å². The minimum atomic E-state index is -0.485. The molecule has 152 valence electrons. The zero-order chi connectivity index (χ0) is 21.1. The highest BCUT2D eigenvalue weighted by Gasteiger charge is 2.16. The number of hydrogen-bond donors (Lipinski definition) is 1. The third-order valence-electron chi connectivity index (χ3n) is 4.20. The summed E-state index contributed by atoms with van der Waals surface area (Å²) in [5.74, 6) is 0.804. The van der Waals surface area contributed by atoms with Crippen LogP contribution in [-0.2, 0) is 6.54 Å². The maximum absolute atomic E-state index is 12.4. The fourth-order valence-corrected chi connectivity index (χ4v) is 3.25. The van der Waals surface area contributed by atoms with Gasteiger partial charge in [-0.3, -0.25) is 19.6 Å². The van der Waals surface area contributed by atoms with Crippen LogP contribution >= 0.6 is 15.9 Å². The molecule has 0 radical (unpaired) electrons. The van der Waals surface area contributed by atoms with Gasteiger partial charge in [0.25, 0.3) is 11.6 Å². The van der Waals surface area contributed by atoms with E-state index in [0.29, 0.717) is 22.5 Å². The van der Waals surface area contributed by atoms with Crippen molar-refractivity contribution >= 4 is 33.7 Å². The van der Waals surface area contributed by atoms with Crippen LogP contribution in [0.25, 0.3) is 0 Å². The summed E-state index contributed by atoms with van der Waals surface area (Å²) in [5, 5.41) is 18.9. The highest BCUT2D eigenvalue weighted by Crippen LogP contribution is 2.31. The molecule has 0 fully saturated rings. The molecule has 0 bridgehead atoms. The Morgan fingerprint density at radius 3 is 2.80 bits per heavy atom. The number of nitrogens with one attached hydrogen (secondary N) is 1. The van der Waals surface area contributed by atoms with Gasteiger partial charge in [0.05, 0.1) is 22.2 Å². The monoisotopic (exact) mass is 471 g/mol. The number of nitrogens with zero attached hydrogens (tertiary/aromatic N) is 4. The lowest BCUT2D eigenvalue weighted by atomic mass is 10.2. The first-order valence-corrected chi connectivity index (χ1v) is 9.48. The lowest BCUT2D eigenvalue weighted by Gasteiger charge is -2.01. The molecule has 4 rings (SSSR count). The second kappa shape index (κ2) is 8.33. The molecule has 2 aromatic carbocycles. The fraction of sp³-hybridized carbons (Fsp3) is 0.105. The highest BCUT2D eigenvalue weighted by molar-refractivity contribution is 9.10. The molecule has 1 aliphatic rings. The molecular formula is C19H14BrN5O5. The van der Waals surface area contributed by atoms with Crippen molar-refractivity contribution in [1.29, 1.82) is 0 Å². The van der Waals surface area contributed by atoms with E-state index < -0.39 is 10.8 Å². The number of rotatable bonds is 6. The second-order valence-corrected chi connectivity index (χ2v) is 7.11. The van der Waals surface area contributed by atoms with Gasteiger partial charge in [0, 0.05) is 18.3 Å². The van der Waals surface area contributed by atoms with E-state index in [4.69, 9.17) is 9.47 Å². The van der Waals surface area contributed by atoms with Crippen molar-refractivity contribution < 1.29 is 19.2 Å². The molecule has 0 saturated carbocycles. The Labute approximate surface area is 178 Å². The summed E-state index contributed by atoms with van der Waals surface area (Å²) >= 11 is 3.32. The Balaban J connectivity index is 1.39. The van der Waals surface area contributed by atoms with Crippen LogP contribution in [0.5, 0.6) is 11.5 Å².